The van der Waals surface area contributed by atoms with Crippen LogP contribution in [0.2, 0.25) is 0 Å². The number of halogens is 1. The van der Waals surface area contributed by atoms with Crippen molar-refractivity contribution in [3.05, 3.63) is 48.3 Å². The standard InChI is InChI=1S/C16H16ClN3O/c1-2-7-20-11-13(10-18-20)21-16-8-12(9-17)14-5-3-4-6-15(14)19-16/h3-6,8,10-11H,2,7,9H2,1H3. The molecular weight excluding hydrogens is 286 g/mol. The molecule has 2 aromatic heterocycles. The highest BCUT2D eigenvalue weighted by Crippen LogP contribution is 2.26. The molecule has 0 unspecified atom stereocenters. The fourth-order valence-corrected chi connectivity index (χ4v) is 2.47. The van der Waals surface area contributed by atoms with Crippen molar-refractivity contribution in [2.75, 3.05) is 0 Å². The number of ether oxygens (including phenoxy) is 1. The van der Waals surface area contributed by atoms with Crippen molar-refractivity contribution in [3.63, 3.8) is 0 Å². The van der Waals surface area contributed by atoms with Crippen LogP contribution in [0.5, 0.6) is 11.6 Å². The third-order valence-electron chi connectivity index (χ3n) is 3.21. The fourth-order valence-electron chi connectivity index (χ4n) is 2.25. The lowest BCUT2D eigenvalue weighted by molar-refractivity contribution is 0.463. The normalized spacial score (nSPS) is 11.0. The van der Waals surface area contributed by atoms with Gasteiger partial charge in [-0.3, -0.25) is 4.68 Å². The van der Waals surface area contributed by atoms with E-state index < -0.39 is 0 Å². The van der Waals surface area contributed by atoms with Crippen molar-refractivity contribution in [3.8, 4) is 11.6 Å². The lowest BCUT2D eigenvalue weighted by Crippen LogP contribution is -1.95. The lowest BCUT2D eigenvalue weighted by atomic mass is 10.1. The molecule has 5 heteroatoms. The molecule has 2 heterocycles. The quantitative estimate of drug-likeness (QED) is 0.657. The first-order chi connectivity index (χ1) is 10.3. The molecule has 0 aliphatic rings. The summed E-state index contributed by atoms with van der Waals surface area (Å²) in [6.45, 7) is 2.99. The molecule has 0 fully saturated rings. The Morgan fingerprint density at radius 3 is 2.95 bits per heavy atom. The second-order valence-electron chi connectivity index (χ2n) is 4.81. The monoisotopic (exact) mass is 301 g/mol. The Morgan fingerprint density at radius 2 is 2.14 bits per heavy atom. The van der Waals surface area contributed by atoms with Crippen LogP contribution in [-0.4, -0.2) is 14.8 Å². The van der Waals surface area contributed by atoms with Gasteiger partial charge in [0.1, 0.15) is 0 Å². The average molecular weight is 302 g/mol. The van der Waals surface area contributed by atoms with E-state index in [0.717, 1.165) is 29.4 Å². The number of aromatic nitrogens is 3. The van der Waals surface area contributed by atoms with Crippen molar-refractivity contribution in [2.24, 2.45) is 0 Å². The first kappa shape index (κ1) is 13.9. The lowest BCUT2D eigenvalue weighted by Gasteiger charge is -2.07. The molecule has 4 nitrogen and oxygen atoms in total. The fraction of sp³-hybridized carbons (Fsp3) is 0.250. The van der Waals surface area contributed by atoms with E-state index in [0.29, 0.717) is 17.5 Å². The van der Waals surface area contributed by atoms with Crippen LogP contribution in [0.3, 0.4) is 0 Å². The van der Waals surface area contributed by atoms with E-state index in [4.69, 9.17) is 16.3 Å². The smallest absolute Gasteiger partial charge is 0.220 e. The summed E-state index contributed by atoms with van der Waals surface area (Å²) in [6, 6.07) is 9.79. The van der Waals surface area contributed by atoms with Gasteiger partial charge in [0.25, 0.3) is 0 Å². The molecule has 3 aromatic rings. The minimum atomic E-state index is 0.425. The summed E-state index contributed by atoms with van der Waals surface area (Å²) in [4.78, 5) is 4.52. The minimum absolute atomic E-state index is 0.425. The maximum absolute atomic E-state index is 6.03. The summed E-state index contributed by atoms with van der Waals surface area (Å²) < 4.78 is 7.66. The van der Waals surface area contributed by atoms with Crippen molar-refractivity contribution in [1.29, 1.82) is 0 Å². The van der Waals surface area contributed by atoms with Crippen LogP contribution in [0.4, 0.5) is 0 Å². The maximum atomic E-state index is 6.03. The summed E-state index contributed by atoms with van der Waals surface area (Å²) in [5.41, 5.74) is 1.89. The van der Waals surface area contributed by atoms with E-state index in [1.165, 1.54) is 0 Å². The number of benzene rings is 1. The van der Waals surface area contributed by atoms with Gasteiger partial charge in [0.05, 0.1) is 17.9 Å². The third kappa shape index (κ3) is 3.00. The second-order valence-corrected chi connectivity index (χ2v) is 5.08. The van der Waals surface area contributed by atoms with E-state index >= 15 is 0 Å². The number of fused-ring (bicyclic) bond motifs is 1. The molecule has 0 bridgehead atoms. The minimum Gasteiger partial charge on any atom is -0.436 e. The number of hydrogen-bond acceptors (Lipinski definition) is 3. The van der Waals surface area contributed by atoms with Gasteiger partial charge in [0, 0.05) is 23.9 Å². The number of aryl methyl sites for hydroxylation is 1. The van der Waals surface area contributed by atoms with Crippen molar-refractivity contribution >= 4 is 22.5 Å². The summed E-state index contributed by atoms with van der Waals surface area (Å²) in [7, 11) is 0. The first-order valence-electron chi connectivity index (χ1n) is 6.95. The zero-order valence-corrected chi connectivity index (χ0v) is 12.5. The predicted molar refractivity (Wildman–Crippen MR) is 83.9 cm³/mol. The van der Waals surface area contributed by atoms with E-state index in [9.17, 15) is 0 Å². The van der Waals surface area contributed by atoms with Crippen LogP contribution in [0.1, 0.15) is 18.9 Å². The topological polar surface area (TPSA) is 39.9 Å². The molecule has 0 saturated carbocycles. The molecule has 0 radical (unpaired) electrons. The molecule has 0 N–H and O–H groups in total. The van der Waals surface area contributed by atoms with Crippen LogP contribution in [0, 0.1) is 0 Å². The molecular formula is C16H16ClN3O. The third-order valence-corrected chi connectivity index (χ3v) is 3.49. The SMILES string of the molecule is CCCn1cc(Oc2cc(CCl)c3ccccc3n2)cn1. The van der Waals surface area contributed by atoms with Crippen LogP contribution in [0.15, 0.2) is 42.7 Å². The molecule has 0 amide bonds. The van der Waals surface area contributed by atoms with Gasteiger partial charge in [0.2, 0.25) is 5.88 Å². The van der Waals surface area contributed by atoms with Crippen molar-refractivity contribution in [2.45, 2.75) is 25.8 Å². The van der Waals surface area contributed by atoms with Gasteiger partial charge in [-0.25, -0.2) is 4.98 Å². The Morgan fingerprint density at radius 1 is 1.29 bits per heavy atom. The van der Waals surface area contributed by atoms with Gasteiger partial charge >= 0.3 is 0 Å². The number of hydrogen-bond donors (Lipinski definition) is 0. The Balaban J connectivity index is 1.92. The highest BCUT2D eigenvalue weighted by Gasteiger charge is 2.08. The number of pyridine rings is 1. The summed E-state index contributed by atoms with van der Waals surface area (Å²) in [5, 5.41) is 5.30. The molecule has 0 atom stereocenters. The molecule has 1 aromatic carbocycles. The highest BCUT2D eigenvalue weighted by atomic mass is 35.5. The van der Waals surface area contributed by atoms with Crippen LogP contribution >= 0.6 is 11.6 Å². The number of rotatable bonds is 5. The zero-order valence-electron chi connectivity index (χ0n) is 11.8. The molecule has 108 valence electrons. The zero-order chi connectivity index (χ0) is 14.7. The predicted octanol–water partition coefficient (Wildman–Crippen LogP) is 4.37. The Kier molecular flexibility index (Phi) is 4.06. The summed E-state index contributed by atoms with van der Waals surface area (Å²) in [6.07, 6.45) is 4.61. The number of nitrogens with zero attached hydrogens (tertiary/aromatic N) is 3. The van der Waals surface area contributed by atoms with E-state index in [1.807, 2.05) is 41.2 Å². The summed E-state index contributed by atoms with van der Waals surface area (Å²) >= 11 is 6.03. The molecule has 3 rings (SSSR count). The first-order valence-corrected chi connectivity index (χ1v) is 7.48. The number of alkyl halides is 1. The molecule has 0 aliphatic heterocycles. The van der Waals surface area contributed by atoms with Gasteiger partial charge in [0.15, 0.2) is 5.75 Å². The maximum Gasteiger partial charge on any atom is 0.220 e. The van der Waals surface area contributed by atoms with E-state index in [1.54, 1.807) is 6.20 Å². The Labute approximate surface area is 128 Å². The van der Waals surface area contributed by atoms with Gasteiger partial charge in [-0.1, -0.05) is 25.1 Å². The highest BCUT2D eigenvalue weighted by molar-refractivity contribution is 6.18. The number of para-hydroxylation sites is 1. The Bertz CT molecular complexity index is 754. The molecule has 0 aliphatic carbocycles. The van der Waals surface area contributed by atoms with Gasteiger partial charge < -0.3 is 4.74 Å². The van der Waals surface area contributed by atoms with Crippen LogP contribution in [0.25, 0.3) is 10.9 Å². The van der Waals surface area contributed by atoms with E-state index in [-0.39, 0.29) is 0 Å². The van der Waals surface area contributed by atoms with Gasteiger partial charge in [-0.2, -0.15) is 5.10 Å². The molecule has 0 saturated heterocycles. The van der Waals surface area contributed by atoms with Crippen LogP contribution < -0.4 is 4.74 Å². The molecule has 0 spiro atoms. The second kappa shape index (κ2) is 6.14. The molecule has 21 heavy (non-hydrogen) atoms. The van der Waals surface area contributed by atoms with Crippen LogP contribution in [-0.2, 0) is 12.4 Å². The van der Waals surface area contributed by atoms with Crippen molar-refractivity contribution in [1.82, 2.24) is 14.8 Å². The Hall–Kier alpha value is -2.07. The largest absolute Gasteiger partial charge is 0.436 e. The van der Waals surface area contributed by atoms with Crippen molar-refractivity contribution < 1.29 is 4.74 Å². The average Bonchev–Trinajstić information content (AvgIpc) is 2.94. The van der Waals surface area contributed by atoms with Gasteiger partial charge in [-0.05, 0) is 18.1 Å². The van der Waals surface area contributed by atoms with E-state index in [2.05, 4.69) is 17.0 Å². The van der Waals surface area contributed by atoms with Gasteiger partial charge in [-0.15, -0.1) is 11.6 Å². The summed E-state index contributed by atoms with van der Waals surface area (Å²) in [5.74, 6) is 1.65.